The first-order valence-corrected chi connectivity index (χ1v) is 11.8. The number of aromatic nitrogens is 1. The molecule has 1 aliphatic carbocycles. The minimum absolute atomic E-state index is 0.154. The Balaban J connectivity index is 1.20. The van der Waals surface area contributed by atoms with Crippen LogP contribution >= 0.6 is 22.9 Å². The molecular formula is C23H23ClN4O2S. The number of rotatable bonds is 4. The molecule has 2 aliphatic rings. The van der Waals surface area contributed by atoms with Crippen LogP contribution in [0.3, 0.4) is 0 Å². The molecule has 2 heterocycles. The Labute approximate surface area is 189 Å². The molecule has 3 amide bonds. The monoisotopic (exact) mass is 454 g/mol. The highest BCUT2D eigenvalue weighted by molar-refractivity contribution is 7.18. The van der Waals surface area contributed by atoms with Crippen molar-refractivity contribution in [3.8, 4) is 0 Å². The predicted octanol–water partition coefficient (Wildman–Crippen LogP) is 5.25. The van der Waals surface area contributed by atoms with Crippen molar-refractivity contribution in [3.05, 3.63) is 58.1 Å². The van der Waals surface area contributed by atoms with Crippen LogP contribution in [0, 0.1) is 0 Å². The van der Waals surface area contributed by atoms with Gasteiger partial charge in [0.2, 0.25) is 0 Å². The molecule has 5 rings (SSSR count). The van der Waals surface area contributed by atoms with Crippen LogP contribution in [0.4, 0.5) is 10.5 Å². The highest BCUT2D eigenvalue weighted by atomic mass is 35.5. The van der Waals surface area contributed by atoms with Crippen molar-refractivity contribution in [3.63, 3.8) is 0 Å². The van der Waals surface area contributed by atoms with Crippen molar-refractivity contribution < 1.29 is 9.59 Å². The number of benzene rings is 2. The second-order valence-corrected chi connectivity index (χ2v) is 9.62. The van der Waals surface area contributed by atoms with Crippen LogP contribution in [0.2, 0.25) is 5.02 Å². The third-order valence-corrected chi connectivity index (χ3v) is 7.35. The molecule has 2 aromatic carbocycles. The molecule has 0 radical (unpaired) electrons. The molecule has 1 aromatic heterocycles. The van der Waals surface area contributed by atoms with Gasteiger partial charge in [0.25, 0.3) is 5.91 Å². The third-order valence-electron chi connectivity index (χ3n) is 5.82. The van der Waals surface area contributed by atoms with E-state index in [0.29, 0.717) is 35.3 Å². The number of hydrogen-bond donors (Lipinski definition) is 2. The van der Waals surface area contributed by atoms with Crippen LogP contribution in [-0.2, 0) is 0 Å². The van der Waals surface area contributed by atoms with Gasteiger partial charge in [0.1, 0.15) is 0 Å². The van der Waals surface area contributed by atoms with Crippen LogP contribution in [-0.4, -0.2) is 41.0 Å². The molecule has 31 heavy (non-hydrogen) atoms. The lowest BCUT2D eigenvalue weighted by atomic mass is 9.98. The maximum absolute atomic E-state index is 12.8. The van der Waals surface area contributed by atoms with E-state index in [-0.39, 0.29) is 18.0 Å². The second kappa shape index (κ2) is 8.48. The maximum atomic E-state index is 12.8. The number of anilines is 1. The van der Waals surface area contributed by atoms with E-state index in [9.17, 15) is 9.59 Å². The molecule has 0 atom stereocenters. The van der Waals surface area contributed by atoms with Gasteiger partial charge in [-0.05, 0) is 56.0 Å². The molecule has 3 aromatic rings. The summed E-state index contributed by atoms with van der Waals surface area (Å²) in [4.78, 5) is 31.7. The zero-order chi connectivity index (χ0) is 21.4. The maximum Gasteiger partial charge on any atom is 0.321 e. The fourth-order valence-electron chi connectivity index (χ4n) is 3.86. The summed E-state index contributed by atoms with van der Waals surface area (Å²) in [6.45, 7) is 1.35. The molecule has 160 valence electrons. The van der Waals surface area contributed by atoms with Gasteiger partial charge in [-0.2, -0.15) is 0 Å². The van der Waals surface area contributed by atoms with E-state index < -0.39 is 0 Å². The molecule has 6 nitrogen and oxygen atoms in total. The van der Waals surface area contributed by atoms with Crippen molar-refractivity contribution in [1.82, 2.24) is 15.2 Å². The number of halogens is 1. The molecule has 2 N–H and O–H groups in total. The summed E-state index contributed by atoms with van der Waals surface area (Å²) in [6.07, 6.45) is 3.80. The average molecular weight is 455 g/mol. The number of urea groups is 1. The second-order valence-electron chi connectivity index (χ2n) is 8.15. The van der Waals surface area contributed by atoms with E-state index in [1.165, 1.54) is 4.70 Å². The molecule has 0 spiro atoms. The van der Waals surface area contributed by atoms with Gasteiger partial charge in [0.05, 0.1) is 25.8 Å². The molecule has 0 unspecified atom stereocenters. The van der Waals surface area contributed by atoms with E-state index in [4.69, 9.17) is 16.6 Å². The molecule has 1 aliphatic heterocycles. The lowest BCUT2D eigenvalue weighted by Gasteiger charge is -2.31. The molecule has 2 fully saturated rings. The summed E-state index contributed by atoms with van der Waals surface area (Å²) >= 11 is 7.94. The number of nitrogens with one attached hydrogen (secondary N) is 2. The summed E-state index contributed by atoms with van der Waals surface area (Å²) in [7, 11) is 0. The Hall–Kier alpha value is -2.64. The highest BCUT2D eigenvalue weighted by Crippen LogP contribution is 2.34. The Morgan fingerprint density at radius 3 is 2.58 bits per heavy atom. The number of nitrogens with zero attached hydrogens (tertiary/aromatic N) is 2. The van der Waals surface area contributed by atoms with Crippen LogP contribution in [0.15, 0.2) is 42.5 Å². The lowest BCUT2D eigenvalue weighted by molar-refractivity contribution is 0.0951. The molecule has 1 saturated carbocycles. The number of fused-ring (bicyclic) bond motifs is 1. The summed E-state index contributed by atoms with van der Waals surface area (Å²) in [5.74, 6) is 0.190. The summed E-state index contributed by atoms with van der Waals surface area (Å²) in [6, 6.07) is 13.3. The Bertz CT molecular complexity index is 1100. The Kier molecular flexibility index (Phi) is 5.54. The molecular weight excluding hydrogens is 432 g/mol. The summed E-state index contributed by atoms with van der Waals surface area (Å²) in [5, 5.41) is 7.39. The molecule has 8 heteroatoms. The van der Waals surface area contributed by atoms with E-state index >= 15 is 0 Å². The zero-order valence-electron chi connectivity index (χ0n) is 16.9. The average Bonchev–Trinajstić information content (AvgIpc) is 3.49. The van der Waals surface area contributed by atoms with Gasteiger partial charge in [0, 0.05) is 30.7 Å². The van der Waals surface area contributed by atoms with Crippen molar-refractivity contribution >= 4 is 50.8 Å². The minimum atomic E-state index is -0.194. The number of para-hydroxylation sites is 1. The standard InChI is InChI=1S/C23H23ClN4O2S/c24-18-8-7-16(13-17(18)21(29)25-15-5-6-15)26-23(30)28-11-9-14(10-12-28)22-27-19-3-1-2-4-20(19)31-22/h1-4,7-8,13-15H,5-6,9-12H2,(H,25,29)(H,26,30). The van der Waals surface area contributed by atoms with Crippen LogP contribution in [0.1, 0.15) is 47.0 Å². The fourth-order valence-corrected chi connectivity index (χ4v) is 5.20. The van der Waals surface area contributed by atoms with Gasteiger partial charge in [-0.15, -0.1) is 11.3 Å². The normalized spacial score (nSPS) is 17.0. The van der Waals surface area contributed by atoms with Gasteiger partial charge in [-0.3, -0.25) is 4.79 Å². The van der Waals surface area contributed by atoms with E-state index in [1.807, 2.05) is 23.1 Å². The van der Waals surface area contributed by atoms with Gasteiger partial charge in [-0.25, -0.2) is 9.78 Å². The van der Waals surface area contributed by atoms with Crippen LogP contribution in [0.25, 0.3) is 10.2 Å². The first kappa shape index (κ1) is 20.3. The summed E-state index contributed by atoms with van der Waals surface area (Å²) in [5.41, 5.74) is 2.01. The van der Waals surface area contributed by atoms with E-state index in [2.05, 4.69) is 16.7 Å². The van der Waals surface area contributed by atoms with E-state index in [1.54, 1.807) is 29.5 Å². The minimum Gasteiger partial charge on any atom is -0.349 e. The number of hydrogen-bond acceptors (Lipinski definition) is 4. The first-order valence-electron chi connectivity index (χ1n) is 10.6. The van der Waals surface area contributed by atoms with E-state index in [0.717, 1.165) is 36.2 Å². The predicted molar refractivity (Wildman–Crippen MR) is 124 cm³/mol. The quantitative estimate of drug-likeness (QED) is 0.565. The smallest absolute Gasteiger partial charge is 0.321 e. The zero-order valence-corrected chi connectivity index (χ0v) is 18.5. The molecule has 1 saturated heterocycles. The van der Waals surface area contributed by atoms with Crippen molar-refractivity contribution in [2.45, 2.75) is 37.6 Å². The number of carbonyl (C=O) groups excluding carboxylic acids is 2. The Morgan fingerprint density at radius 2 is 1.84 bits per heavy atom. The van der Waals surface area contributed by atoms with Gasteiger partial charge in [0.15, 0.2) is 0 Å². The summed E-state index contributed by atoms with van der Waals surface area (Å²) < 4.78 is 1.21. The van der Waals surface area contributed by atoms with Gasteiger partial charge < -0.3 is 15.5 Å². The van der Waals surface area contributed by atoms with Crippen molar-refractivity contribution in [2.24, 2.45) is 0 Å². The largest absolute Gasteiger partial charge is 0.349 e. The lowest BCUT2D eigenvalue weighted by Crippen LogP contribution is -2.40. The highest BCUT2D eigenvalue weighted by Gasteiger charge is 2.27. The van der Waals surface area contributed by atoms with Gasteiger partial charge in [-0.1, -0.05) is 23.7 Å². The molecule has 0 bridgehead atoms. The number of piperidine rings is 1. The topological polar surface area (TPSA) is 74.3 Å². The number of likely N-dealkylation sites (tertiary alicyclic amines) is 1. The van der Waals surface area contributed by atoms with Crippen LogP contribution in [0.5, 0.6) is 0 Å². The van der Waals surface area contributed by atoms with Crippen LogP contribution < -0.4 is 10.6 Å². The van der Waals surface area contributed by atoms with Crippen molar-refractivity contribution in [2.75, 3.05) is 18.4 Å². The Morgan fingerprint density at radius 1 is 1.06 bits per heavy atom. The number of amides is 3. The van der Waals surface area contributed by atoms with Gasteiger partial charge >= 0.3 is 6.03 Å². The van der Waals surface area contributed by atoms with Crippen molar-refractivity contribution in [1.29, 1.82) is 0 Å². The fraction of sp³-hybridized carbons (Fsp3) is 0.348. The SMILES string of the molecule is O=C(NC1CC1)c1cc(NC(=O)N2CCC(c3nc4ccccc4s3)CC2)ccc1Cl. The number of thiazole rings is 1. The first-order chi connectivity index (χ1) is 15.1. The third kappa shape index (κ3) is 4.52. The number of carbonyl (C=O) groups is 2.